The number of ether oxygens (including phenoxy) is 1. The number of hydrogen-bond acceptors (Lipinski definition) is 7. The SMILES string of the molecule is Cc1cc2cc(CN(Cc3ccco3)[C@H](c3nnnn3C[C@@H]3CCCO3)C(C)C)c(=O)[nH]c2cc1C. The van der Waals surface area contributed by atoms with Gasteiger partial charge in [0.25, 0.3) is 5.56 Å². The predicted molar refractivity (Wildman–Crippen MR) is 136 cm³/mol. The minimum atomic E-state index is -0.138. The Balaban J connectivity index is 1.52. The maximum atomic E-state index is 13.2. The number of nitrogens with zero attached hydrogens (tertiary/aromatic N) is 5. The van der Waals surface area contributed by atoms with Gasteiger partial charge in [0.2, 0.25) is 0 Å². The molecule has 36 heavy (non-hydrogen) atoms. The molecular formula is C27H34N6O3. The number of H-pyrrole nitrogens is 1. The lowest BCUT2D eigenvalue weighted by atomic mass is 9.99. The van der Waals surface area contributed by atoms with E-state index in [4.69, 9.17) is 9.15 Å². The first-order chi connectivity index (χ1) is 17.4. The van der Waals surface area contributed by atoms with Gasteiger partial charge in [-0.1, -0.05) is 13.8 Å². The molecule has 4 heterocycles. The van der Waals surface area contributed by atoms with Crippen LogP contribution in [-0.4, -0.2) is 42.8 Å². The van der Waals surface area contributed by atoms with Gasteiger partial charge >= 0.3 is 0 Å². The van der Waals surface area contributed by atoms with Crippen molar-refractivity contribution in [3.63, 3.8) is 0 Å². The fourth-order valence-electron chi connectivity index (χ4n) is 5.13. The van der Waals surface area contributed by atoms with Gasteiger partial charge in [-0.25, -0.2) is 4.68 Å². The summed E-state index contributed by atoms with van der Waals surface area (Å²) in [7, 11) is 0. The van der Waals surface area contributed by atoms with Crippen molar-refractivity contribution in [1.29, 1.82) is 0 Å². The zero-order valence-corrected chi connectivity index (χ0v) is 21.4. The number of tetrazole rings is 1. The number of fused-ring (bicyclic) bond motifs is 1. The minimum Gasteiger partial charge on any atom is -0.468 e. The number of nitrogens with one attached hydrogen (secondary N) is 1. The van der Waals surface area contributed by atoms with Crippen LogP contribution in [0.2, 0.25) is 0 Å². The second kappa shape index (κ2) is 10.4. The fraction of sp³-hybridized carbons (Fsp3) is 0.481. The highest BCUT2D eigenvalue weighted by Crippen LogP contribution is 2.31. The number of benzene rings is 1. The molecule has 0 spiro atoms. The van der Waals surface area contributed by atoms with Gasteiger partial charge in [-0.3, -0.25) is 9.69 Å². The summed E-state index contributed by atoms with van der Waals surface area (Å²) in [6.45, 7) is 10.8. The average Bonchev–Trinajstić information content (AvgIpc) is 3.61. The van der Waals surface area contributed by atoms with Crippen molar-refractivity contribution in [2.24, 2.45) is 5.92 Å². The summed E-state index contributed by atoms with van der Waals surface area (Å²) >= 11 is 0. The first-order valence-corrected chi connectivity index (χ1v) is 12.7. The number of furan rings is 1. The highest BCUT2D eigenvalue weighted by Gasteiger charge is 2.31. The van der Waals surface area contributed by atoms with E-state index in [0.717, 1.165) is 47.5 Å². The summed E-state index contributed by atoms with van der Waals surface area (Å²) in [5.41, 5.74) is 3.81. The molecule has 5 rings (SSSR count). The largest absolute Gasteiger partial charge is 0.468 e. The van der Waals surface area contributed by atoms with Crippen molar-refractivity contribution < 1.29 is 9.15 Å². The Kier molecular flexibility index (Phi) is 7.02. The van der Waals surface area contributed by atoms with E-state index in [1.807, 2.05) is 28.9 Å². The van der Waals surface area contributed by atoms with E-state index in [1.165, 1.54) is 5.56 Å². The molecule has 9 heteroatoms. The molecule has 190 valence electrons. The number of aryl methyl sites for hydroxylation is 2. The zero-order chi connectivity index (χ0) is 25.2. The highest BCUT2D eigenvalue weighted by molar-refractivity contribution is 5.80. The smallest absolute Gasteiger partial charge is 0.252 e. The van der Waals surface area contributed by atoms with Crippen LogP contribution in [0.25, 0.3) is 10.9 Å². The molecule has 1 aliphatic heterocycles. The number of aromatic nitrogens is 5. The number of hydrogen-bond donors (Lipinski definition) is 1. The number of rotatable bonds is 9. The van der Waals surface area contributed by atoms with Crippen molar-refractivity contribution in [1.82, 2.24) is 30.1 Å². The maximum absolute atomic E-state index is 13.2. The monoisotopic (exact) mass is 490 g/mol. The molecule has 1 fully saturated rings. The Hall–Kier alpha value is -3.30. The molecule has 4 aromatic rings. The molecule has 0 aliphatic carbocycles. The summed E-state index contributed by atoms with van der Waals surface area (Å²) in [6.07, 6.45) is 3.86. The first-order valence-electron chi connectivity index (χ1n) is 12.7. The van der Waals surface area contributed by atoms with Gasteiger partial charge < -0.3 is 14.1 Å². The van der Waals surface area contributed by atoms with Gasteiger partial charge in [0.05, 0.1) is 31.5 Å². The Bertz CT molecular complexity index is 1370. The Morgan fingerprint density at radius 1 is 1.19 bits per heavy atom. The molecule has 0 amide bonds. The first kappa shape index (κ1) is 24.4. The van der Waals surface area contributed by atoms with Crippen LogP contribution in [0.4, 0.5) is 0 Å². The Morgan fingerprint density at radius 3 is 2.75 bits per heavy atom. The van der Waals surface area contributed by atoms with Crippen LogP contribution in [0.1, 0.15) is 61.0 Å². The average molecular weight is 491 g/mol. The van der Waals surface area contributed by atoms with Crippen molar-refractivity contribution in [3.05, 3.63) is 75.2 Å². The quantitative estimate of drug-likeness (QED) is 0.373. The van der Waals surface area contributed by atoms with Gasteiger partial charge in [-0.15, -0.1) is 5.10 Å². The van der Waals surface area contributed by atoms with E-state index >= 15 is 0 Å². The molecule has 0 unspecified atom stereocenters. The lowest BCUT2D eigenvalue weighted by Crippen LogP contribution is -2.35. The lowest BCUT2D eigenvalue weighted by Gasteiger charge is -2.33. The molecule has 0 bridgehead atoms. The molecule has 0 saturated carbocycles. The lowest BCUT2D eigenvalue weighted by molar-refractivity contribution is 0.0836. The fourth-order valence-corrected chi connectivity index (χ4v) is 5.13. The third-order valence-corrected chi connectivity index (χ3v) is 7.10. The van der Waals surface area contributed by atoms with E-state index in [0.29, 0.717) is 25.2 Å². The zero-order valence-electron chi connectivity index (χ0n) is 21.4. The Morgan fingerprint density at radius 2 is 2.03 bits per heavy atom. The van der Waals surface area contributed by atoms with E-state index in [1.54, 1.807) is 6.26 Å². The normalized spacial score (nSPS) is 17.0. The van der Waals surface area contributed by atoms with Crippen LogP contribution in [0.15, 0.2) is 45.8 Å². The molecule has 9 nitrogen and oxygen atoms in total. The van der Waals surface area contributed by atoms with Crippen LogP contribution in [-0.2, 0) is 24.4 Å². The van der Waals surface area contributed by atoms with Gasteiger partial charge in [-0.2, -0.15) is 0 Å². The second-order valence-electron chi connectivity index (χ2n) is 10.2. The summed E-state index contributed by atoms with van der Waals surface area (Å²) in [6, 6.07) is 9.86. The molecule has 1 aliphatic rings. The number of pyridine rings is 1. The molecule has 3 aromatic heterocycles. The predicted octanol–water partition coefficient (Wildman–Crippen LogP) is 4.30. The van der Waals surface area contributed by atoms with Crippen LogP contribution in [0.3, 0.4) is 0 Å². The van der Waals surface area contributed by atoms with Gasteiger partial charge in [0.1, 0.15) is 5.76 Å². The van der Waals surface area contributed by atoms with Crippen molar-refractivity contribution in [2.75, 3.05) is 6.61 Å². The molecular weight excluding hydrogens is 456 g/mol. The maximum Gasteiger partial charge on any atom is 0.252 e. The summed E-state index contributed by atoms with van der Waals surface area (Å²) in [5, 5.41) is 13.8. The topological polar surface area (TPSA) is 102 Å². The molecule has 1 aromatic carbocycles. The third kappa shape index (κ3) is 5.12. The van der Waals surface area contributed by atoms with Crippen molar-refractivity contribution in [2.45, 2.75) is 72.3 Å². The highest BCUT2D eigenvalue weighted by atomic mass is 16.5. The molecule has 1 saturated heterocycles. The van der Waals surface area contributed by atoms with Gasteiger partial charge in [0, 0.05) is 24.2 Å². The standard InChI is InChI=1S/C27H34N6O3/c1-17(2)25(26-29-30-31-33(26)16-23-8-6-10-36-23)32(15-22-7-5-9-35-22)14-21-13-20-11-18(3)19(4)12-24(20)28-27(21)34/h5,7,9,11-13,17,23,25H,6,8,10,14-16H2,1-4H3,(H,28,34)/t23-,25-/m0/s1. The van der Waals surface area contributed by atoms with E-state index in [9.17, 15) is 4.79 Å². The van der Waals surface area contributed by atoms with E-state index in [2.05, 4.69) is 59.2 Å². The summed E-state index contributed by atoms with van der Waals surface area (Å²) in [5.74, 6) is 1.77. The molecule has 0 radical (unpaired) electrons. The summed E-state index contributed by atoms with van der Waals surface area (Å²) in [4.78, 5) is 18.5. The van der Waals surface area contributed by atoms with Crippen LogP contribution in [0, 0.1) is 19.8 Å². The minimum absolute atomic E-state index is 0.0864. The van der Waals surface area contributed by atoms with E-state index < -0.39 is 0 Å². The number of aromatic amines is 1. The van der Waals surface area contributed by atoms with Crippen LogP contribution >= 0.6 is 0 Å². The van der Waals surface area contributed by atoms with E-state index in [-0.39, 0.29) is 23.6 Å². The molecule has 1 N–H and O–H groups in total. The summed E-state index contributed by atoms with van der Waals surface area (Å²) < 4.78 is 13.4. The van der Waals surface area contributed by atoms with Crippen molar-refractivity contribution >= 4 is 10.9 Å². The van der Waals surface area contributed by atoms with Gasteiger partial charge in [-0.05, 0) is 89.9 Å². The van der Waals surface area contributed by atoms with Crippen LogP contribution < -0.4 is 5.56 Å². The third-order valence-electron chi connectivity index (χ3n) is 7.10. The molecule has 2 atom stereocenters. The Labute approximate surface area is 210 Å². The van der Waals surface area contributed by atoms with Crippen LogP contribution in [0.5, 0.6) is 0 Å². The second-order valence-corrected chi connectivity index (χ2v) is 10.2. The van der Waals surface area contributed by atoms with Crippen molar-refractivity contribution in [3.8, 4) is 0 Å². The van der Waals surface area contributed by atoms with Gasteiger partial charge in [0.15, 0.2) is 5.82 Å².